The maximum atomic E-state index is 12.3. The molecule has 1 aliphatic heterocycles. The van der Waals surface area contributed by atoms with Crippen LogP contribution in [0.2, 0.25) is 0 Å². The maximum Gasteiger partial charge on any atom is 0.389 e. The van der Waals surface area contributed by atoms with Gasteiger partial charge >= 0.3 is 6.18 Å². The van der Waals surface area contributed by atoms with Gasteiger partial charge in [0.1, 0.15) is 11.9 Å². The number of halogens is 3. The van der Waals surface area contributed by atoms with E-state index in [-0.39, 0.29) is 18.4 Å². The fourth-order valence-electron chi connectivity index (χ4n) is 2.90. The molecule has 1 aromatic rings. The molecule has 1 N–H and O–H groups in total. The van der Waals surface area contributed by atoms with Crippen molar-refractivity contribution in [3.63, 3.8) is 0 Å². The Morgan fingerprint density at radius 3 is 2.64 bits per heavy atom. The lowest BCUT2D eigenvalue weighted by atomic mass is 9.95. The van der Waals surface area contributed by atoms with E-state index >= 15 is 0 Å². The molecule has 1 saturated heterocycles. The predicted molar refractivity (Wildman–Crippen MR) is 86.7 cm³/mol. The zero-order valence-corrected chi connectivity index (χ0v) is 14.0. The van der Waals surface area contributed by atoms with Crippen molar-refractivity contribution >= 4 is 11.7 Å². The molecule has 2 rings (SSSR count). The molecule has 1 aliphatic rings. The van der Waals surface area contributed by atoms with Crippen LogP contribution in [0.15, 0.2) is 18.3 Å². The zero-order valence-electron chi connectivity index (χ0n) is 14.0. The van der Waals surface area contributed by atoms with E-state index in [0.29, 0.717) is 31.5 Å². The lowest BCUT2D eigenvalue weighted by Gasteiger charge is -2.32. The van der Waals surface area contributed by atoms with Crippen LogP contribution >= 0.6 is 0 Å². The van der Waals surface area contributed by atoms with Gasteiger partial charge in [-0.2, -0.15) is 18.4 Å². The van der Waals surface area contributed by atoms with E-state index in [1.807, 2.05) is 11.0 Å². The Kier molecular flexibility index (Phi) is 6.23. The van der Waals surface area contributed by atoms with Gasteiger partial charge in [-0.3, -0.25) is 4.79 Å². The number of hydrogen-bond donors (Lipinski definition) is 1. The molecular weight excluding hydrogens is 333 g/mol. The van der Waals surface area contributed by atoms with Crippen molar-refractivity contribution in [2.75, 3.05) is 24.5 Å². The number of alkyl halides is 3. The van der Waals surface area contributed by atoms with Crippen LogP contribution in [0.5, 0.6) is 0 Å². The molecule has 0 bridgehead atoms. The minimum Gasteiger partial charge on any atom is -0.357 e. The number of rotatable bonds is 5. The van der Waals surface area contributed by atoms with Crippen LogP contribution in [0.3, 0.4) is 0 Å². The number of aromatic nitrogens is 1. The Labute approximate surface area is 144 Å². The van der Waals surface area contributed by atoms with E-state index in [1.165, 1.54) is 13.1 Å². The van der Waals surface area contributed by atoms with Gasteiger partial charge in [-0.25, -0.2) is 4.98 Å². The second-order valence-electron chi connectivity index (χ2n) is 6.45. The fourth-order valence-corrected chi connectivity index (χ4v) is 2.90. The van der Waals surface area contributed by atoms with Crippen LogP contribution in [0, 0.1) is 23.2 Å². The first-order chi connectivity index (χ1) is 11.8. The van der Waals surface area contributed by atoms with Crippen LogP contribution in [0.1, 0.15) is 31.7 Å². The van der Waals surface area contributed by atoms with Crippen LogP contribution in [-0.4, -0.2) is 36.7 Å². The normalized spacial score (nSPS) is 17.0. The third-order valence-corrected chi connectivity index (χ3v) is 4.27. The molecule has 5 nitrogen and oxygen atoms in total. The third-order valence-electron chi connectivity index (χ3n) is 4.27. The summed E-state index contributed by atoms with van der Waals surface area (Å²) in [4.78, 5) is 18.4. The Hall–Kier alpha value is -2.30. The van der Waals surface area contributed by atoms with E-state index in [0.717, 1.165) is 5.82 Å². The van der Waals surface area contributed by atoms with E-state index in [2.05, 4.69) is 10.3 Å². The van der Waals surface area contributed by atoms with Gasteiger partial charge in [-0.1, -0.05) is 6.92 Å². The zero-order chi connectivity index (χ0) is 18.4. The monoisotopic (exact) mass is 354 g/mol. The van der Waals surface area contributed by atoms with E-state index in [4.69, 9.17) is 5.26 Å². The van der Waals surface area contributed by atoms with Crippen molar-refractivity contribution in [1.29, 1.82) is 5.26 Å². The smallest absolute Gasteiger partial charge is 0.357 e. The van der Waals surface area contributed by atoms with Gasteiger partial charge in [0.25, 0.3) is 0 Å². The Morgan fingerprint density at radius 1 is 1.44 bits per heavy atom. The number of amides is 1. The number of nitriles is 1. The van der Waals surface area contributed by atoms with Crippen molar-refractivity contribution in [2.45, 2.75) is 32.4 Å². The molecule has 0 radical (unpaired) electrons. The highest BCUT2D eigenvalue weighted by Crippen LogP contribution is 2.25. The quantitative estimate of drug-likeness (QED) is 0.883. The minimum absolute atomic E-state index is 0.0374. The van der Waals surface area contributed by atoms with Crippen LogP contribution in [0.4, 0.5) is 19.0 Å². The summed E-state index contributed by atoms with van der Waals surface area (Å²) in [6.45, 7) is 2.81. The highest BCUT2D eigenvalue weighted by molar-refractivity contribution is 5.79. The van der Waals surface area contributed by atoms with Gasteiger partial charge in [0.15, 0.2) is 0 Å². The second kappa shape index (κ2) is 8.19. The maximum absolute atomic E-state index is 12.3. The van der Waals surface area contributed by atoms with Gasteiger partial charge in [-0.15, -0.1) is 0 Å². The highest BCUT2D eigenvalue weighted by atomic mass is 19.4. The Morgan fingerprint density at radius 2 is 2.12 bits per heavy atom. The van der Waals surface area contributed by atoms with Crippen molar-refractivity contribution in [2.24, 2.45) is 11.8 Å². The van der Waals surface area contributed by atoms with Crippen LogP contribution in [0.25, 0.3) is 0 Å². The number of nitrogens with one attached hydrogen (secondary N) is 1. The summed E-state index contributed by atoms with van der Waals surface area (Å²) in [5, 5.41) is 11.4. The van der Waals surface area contributed by atoms with Crippen LogP contribution < -0.4 is 10.2 Å². The van der Waals surface area contributed by atoms with E-state index in [9.17, 15) is 18.0 Å². The molecule has 0 spiro atoms. The molecule has 8 heteroatoms. The molecule has 1 fully saturated rings. The molecule has 1 aromatic heterocycles. The van der Waals surface area contributed by atoms with E-state index in [1.54, 1.807) is 12.1 Å². The topological polar surface area (TPSA) is 69.0 Å². The van der Waals surface area contributed by atoms with Gasteiger partial charge < -0.3 is 10.2 Å². The number of carbonyl (C=O) groups is 1. The summed E-state index contributed by atoms with van der Waals surface area (Å²) in [5.74, 6) is -0.238. The highest BCUT2D eigenvalue weighted by Gasteiger charge is 2.31. The number of hydrogen-bond acceptors (Lipinski definition) is 4. The number of carbonyl (C=O) groups excluding carboxylic acids is 1. The van der Waals surface area contributed by atoms with Crippen molar-refractivity contribution in [3.05, 3.63) is 23.9 Å². The van der Waals surface area contributed by atoms with Gasteiger partial charge in [-0.05, 0) is 30.9 Å². The first-order valence-corrected chi connectivity index (χ1v) is 8.24. The van der Waals surface area contributed by atoms with Gasteiger partial charge in [0.05, 0.1) is 5.56 Å². The average molecular weight is 354 g/mol. The van der Waals surface area contributed by atoms with Gasteiger partial charge in [0.2, 0.25) is 5.91 Å². The second-order valence-corrected chi connectivity index (χ2v) is 6.45. The fraction of sp³-hybridized carbons (Fsp3) is 0.588. The first kappa shape index (κ1) is 19.0. The molecule has 0 saturated carbocycles. The summed E-state index contributed by atoms with van der Waals surface area (Å²) in [6, 6.07) is 5.49. The lowest BCUT2D eigenvalue weighted by Crippen LogP contribution is -2.42. The average Bonchev–Trinajstić information content (AvgIpc) is 2.58. The summed E-state index contributed by atoms with van der Waals surface area (Å²) in [7, 11) is 0. The predicted octanol–water partition coefficient (Wildman–Crippen LogP) is 2.87. The number of nitrogens with zero attached hydrogens (tertiary/aromatic N) is 3. The van der Waals surface area contributed by atoms with Crippen molar-refractivity contribution in [1.82, 2.24) is 10.3 Å². The largest absolute Gasteiger partial charge is 0.389 e. The van der Waals surface area contributed by atoms with Gasteiger partial charge in [0, 0.05) is 38.2 Å². The Balaban J connectivity index is 1.77. The molecule has 136 valence electrons. The molecule has 0 aromatic carbocycles. The number of anilines is 1. The Bertz CT molecular complexity index is 616. The summed E-state index contributed by atoms with van der Waals surface area (Å²) < 4.78 is 36.9. The number of piperidine rings is 1. The molecule has 2 heterocycles. The minimum atomic E-state index is -4.20. The van der Waals surface area contributed by atoms with E-state index < -0.39 is 18.5 Å². The summed E-state index contributed by atoms with van der Waals surface area (Å²) in [6.07, 6.45) is -2.34. The van der Waals surface area contributed by atoms with Crippen molar-refractivity contribution in [3.8, 4) is 6.07 Å². The molecule has 1 amide bonds. The standard InChI is InChI=1S/C17H21F3N4O/c1-12(8-17(18,19)20)10-23-16(25)14-4-6-24(7-5-14)15-3-2-13(9-21)11-22-15/h2-3,11-12,14H,4-8,10H2,1H3,(H,23,25). The number of pyridine rings is 1. The molecule has 1 unspecified atom stereocenters. The molecule has 1 atom stereocenters. The third kappa shape index (κ3) is 5.93. The molecule has 0 aliphatic carbocycles. The first-order valence-electron chi connectivity index (χ1n) is 8.24. The van der Waals surface area contributed by atoms with Crippen LogP contribution in [-0.2, 0) is 4.79 Å². The molecular formula is C17H21F3N4O. The summed E-state index contributed by atoms with van der Waals surface area (Å²) >= 11 is 0. The summed E-state index contributed by atoms with van der Waals surface area (Å²) in [5.41, 5.74) is 0.492. The molecule has 25 heavy (non-hydrogen) atoms. The lowest BCUT2D eigenvalue weighted by molar-refractivity contribution is -0.144. The van der Waals surface area contributed by atoms with Crippen molar-refractivity contribution < 1.29 is 18.0 Å². The SMILES string of the molecule is CC(CNC(=O)C1CCN(c2ccc(C#N)cn2)CC1)CC(F)(F)F.